The molecule has 0 bridgehead atoms. The molecule has 0 saturated heterocycles. The topological polar surface area (TPSA) is 79.3 Å². The molecule has 2 atom stereocenters. The van der Waals surface area contributed by atoms with Crippen molar-refractivity contribution in [3.05, 3.63) is 28.5 Å². The van der Waals surface area contributed by atoms with Crippen LogP contribution in [-0.4, -0.2) is 28.0 Å². The number of aromatic nitrogens is 1. The molecule has 1 aromatic rings. The van der Waals surface area contributed by atoms with Gasteiger partial charge in [-0.3, -0.25) is 9.59 Å². The molecule has 21 heavy (non-hydrogen) atoms. The Hall–Kier alpha value is -1.62. The maximum absolute atomic E-state index is 12.3. The molecule has 0 aliphatic heterocycles. The van der Waals surface area contributed by atoms with Gasteiger partial charge < -0.3 is 10.4 Å². The van der Waals surface area contributed by atoms with Crippen LogP contribution < -0.4 is 5.32 Å². The molecule has 2 N–H and O–H groups in total. The number of nitrogens with one attached hydrogen (secondary N) is 1. The molecule has 0 spiro atoms. The molecule has 1 saturated carbocycles. The molecular weight excluding hydrogens is 292 g/mol. The van der Waals surface area contributed by atoms with E-state index in [-0.39, 0.29) is 23.8 Å². The molecular formula is C15H19ClN2O3. The summed E-state index contributed by atoms with van der Waals surface area (Å²) in [6.45, 7) is 3.96. The summed E-state index contributed by atoms with van der Waals surface area (Å²) in [5.41, 5.74) is 1.24. The Bertz CT molecular complexity index is 560. The predicted molar refractivity (Wildman–Crippen MR) is 79.6 cm³/mol. The molecule has 1 heterocycles. The van der Waals surface area contributed by atoms with E-state index in [1.165, 1.54) is 6.07 Å². The van der Waals surface area contributed by atoms with Crippen LogP contribution in [0, 0.1) is 5.92 Å². The molecule has 114 valence electrons. The summed E-state index contributed by atoms with van der Waals surface area (Å²) in [7, 11) is 0. The van der Waals surface area contributed by atoms with E-state index in [0.29, 0.717) is 30.0 Å². The SMILES string of the molecule is CC(C)c1cc(C(=O)N[C@H]2CC[C@@H](C(=O)O)C2)cc(Cl)n1. The minimum Gasteiger partial charge on any atom is -0.481 e. The summed E-state index contributed by atoms with van der Waals surface area (Å²) in [5.74, 6) is -1.20. The van der Waals surface area contributed by atoms with Crippen LogP contribution in [0.3, 0.4) is 0 Å². The van der Waals surface area contributed by atoms with Gasteiger partial charge in [-0.15, -0.1) is 0 Å². The average molecular weight is 311 g/mol. The van der Waals surface area contributed by atoms with Crippen LogP contribution in [0.4, 0.5) is 0 Å². The van der Waals surface area contributed by atoms with E-state index in [1.807, 2.05) is 13.8 Å². The molecule has 1 aliphatic rings. The lowest BCUT2D eigenvalue weighted by Crippen LogP contribution is -2.33. The highest BCUT2D eigenvalue weighted by Crippen LogP contribution is 2.26. The van der Waals surface area contributed by atoms with Crippen molar-refractivity contribution in [2.45, 2.75) is 45.1 Å². The van der Waals surface area contributed by atoms with Crippen molar-refractivity contribution in [3.63, 3.8) is 0 Å². The van der Waals surface area contributed by atoms with E-state index in [0.717, 1.165) is 5.69 Å². The van der Waals surface area contributed by atoms with E-state index in [9.17, 15) is 9.59 Å². The van der Waals surface area contributed by atoms with Crippen molar-refractivity contribution >= 4 is 23.5 Å². The lowest BCUT2D eigenvalue weighted by atomic mass is 10.1. The van der Waals surface area contributed by atoms with Crippen molar-refractivity contribution in [1.82, 2.24) is 10.3 Å². The van der Waals surface area contributed by atoms with E-state index < -0.39 is 5.97 Å². The summed E-state index contributed by atoms with van der Waals surface area (Å²) in [4.78, 5) is 27.4. The maximum Gasteiger partial charge on any atom is 0.306 e. The fourth-order valence-electron chi connectivity index (χ4n) is 2.55. The second-order valence-electron chi connectivity index (χ2n) is 5.78. The first-order valence-electron chi connectivity index (χ1n) is 7.08. The van der Waals surface area contributed by atoms with Gasteiger partial charge in [0.15, 0.2) is 0 Å². The summed E-state index contributed by atoms with van der Waals surface area (Å²) in [6, 6.07) is 3.18. The van der Waals surface area contributed by atoms with Crippen LogP contribution in [0.1, 0.15) is 55.1 Å². The van der Waals surface area contributed by atoms with Gasteiger partial charge in [-0.2, -0.15) is 0 Å². The third-order valence-corrected chi connectivity index (χ3v) is 3.98. The summed E-state index contributed by atoms with van der Waals surface area (Å²) >= 11 is 5.95. The largest absolute Gasteiger partial charge is 0.481 e. The van der Waals surface area contributed by atoms with Gasteiger partial charge in [-0.1, -0.05) is 25.4 Å². The zero-order valence-corrected chi connectivity index (χ0v) is 12.9. The first kappa shape index (κ1) is 15.8. The third kappa shape index (κ3) is 3.94. The number of carbonyl (C=O) groups is 2. The van der Waals surface area contributed by atoms with E-state index in [2.05, 4.69) is 10.3 Å². The van der Waals surface area contributed by atoms with Gasteiger partial charge in [0.1, 0.15) is 5.15 Å². The lowest BCUT2D eigenvalue weighted by molar-refractivity contribution is -0.141. The van der Waals surface area contributed by atoms with Crippen LogP contribution in [0.2, 0.25) is 5.15 Å². The van der Waals surface area contributed by atoms with Crippen LogP contribution in [0.5, 0.6) is 0 Å². The standard InChI is InChI=1S/C15H19ClN2O3/c1-8(2)12-6-10(7-13(16)18-12)14(19)17-11-4-3-9(5-11)15(20)21/h6-9,11H,3-5H2,1-2H3,(H,17,19)(H,20,21)/t9-,11+/m1/s1. The summed E-state index contributed by atoms with van der Waals surface area (Å²) in [6.07, 6.45) is 1.78. The number of halogens is 1. The van der Waals surface area contributed by atoms with E-state index >= 15 is 0 Å². The minimum absolute atomic E-state index is 0.0898. The highest BCUT2D eigenvalue weighted by atomic mass is 35.5. The van der Waals surface area contributed by atoms with E-state index in [1.54, 1.807) is 6.07 Å². The predicted octanol–water partition coefficient (Wildman–Crippen LogP) is 2.84. The average Bonchev–Trinajstić information content (AvgIpc) is 2.86. The van der Waals surface area contributed by atoms with E-state index in [4.69, 9.17) is 16.7 Å². The van der Waals surface area contributed by atoms with Gasteiger partial charge in [0, 0.05) is 17.3 Å². The number of carbonyl (C=O) groups excluding carboxylic acids is 1. The molecule has 0 unspecified atom stereocenters. The molecule has 0 aromatic carbocycles. The Labute approximate surface area is 128 Å². The van der Waals surface area contributed by atoms with Crippen molar-refractivity contribution in [2.24, 2.45) is 5.92 Å². The lowest BCUT2D eigenvalue weighted by Gasteiger charge is -2.14. The smallest absolute Gasteiger partial charge is 0.306 e. The Morgan fingerprint density at radius 2 is 2.10 bits per heavy atom. The number of pyridine rings is 1. The van der Waals surface area contributed by atoms with Gasteiger partial charge in [0.05, 0.1) is 5.92 Å². The summed E-state index contributed by atoms with van der Waals surface area (Å²) in [5, 5.41) is 12.2. The monoisotopic (exact) mass is 310 g/mol. The van der Waals surface area contributed by atoms with Crippen LogP contribution in [0.15, 0.2) is 12.1 Å². The normalized spacial score (nSPS) is 21.5. The molecule has 1 fully saturated rings. The fraction of sp³-hybridized carbons (Fsp3) is 0.533. The van der Waals surface area contributed by atoms with Gasteiger partial charge in [-0.05, 0) is 37.3 Å². The van der Waals surface area contributed by atoms with Crippen LogP contribution in [0.25, 0.3) is 0 Å². The number of nitrogens with zero attached hydrogens (tertiary/aromatic N) is 1. The molecule has 0 radical (unpaired) electrons. The van der Waals surface area contributed by atoms with Gasteiger partial charge in [0.25, 0.3) is 5.91 Å². The Kier molecular flexibility index (Phi) is 4.83. The van der Waals surface area contributed by atoms with Crippen molar-refractivity contribution in [1.29, 1.82) is 0 Å². The zero-order chi connectivity index (χ0) is 15.6. The quantitative estimate of drug-likeness (QED) is 0.838. The number of carboxylic acid groups (broad SMARTS) is 1. The maximum atomic E-state index is 12.3. The molecule has 1 aromatic heterocycles. The number of rotatable bonds is 4. The van der Waals surface area contributed by atoms with Gasteiger partial charge in [-0.25, -0.2) is 4.98 Å². The highest BCUT2D eigenvalue weighted by Gasteiger charge is 2.30. The number of hydrogen-bond acceptors (Lipinski definition) is 3. The minimum atomic E-state index is -0.791. The van der Waals surface area contributed by atoms with Crippen molar-refractivity contribution in [2.75, 3.05) is 0 Å². The Balaban J connectivity index is 2.06. The zero-order valence-electron chi connectivity index (χ0n) is 12.1. The van der Waals surface area contributed by atoms with Gasteiger partial charge in [0.2, 0.25) is 0 Å². The van der Waals surface area contributed by atoms with Gasteiger partial charge >= 0.3 is 5.97 Å². The molecule has 5 nitrogen and oxygen atoms in total. The number of carboxylic acids is 1. The number of amides is 1. The molecule has 1 amide bonds. The first-order valence-corrected chi connectivity index (χ1v) is 7.45. The molecule has 1 aliphatic carbocycles. The Morgan fingerprint density at radius 3 is 2.67 bits per heavy atom. The molecule has 6 heteroatoms. The summed E-state index contributed by atoms with van der Waals surface area (Å²) < 4.78 is 0. The fourth-order valence-corrected chi connectivity index (χ4v) is 2.76. The second-order valence-corrected chi connectivity index (χ2v) is 6.16. The van der Waals surface area contributed by atoms with Crippen LogP contribution >= 0.6 is 11.6 Å². The number of aliphatic carboxylic acids is 1. The Morgan fingerprint density at radius 1 is 1.38 bits per heavy atom. The van der Waals surface area contributed by atoms with Crippen LogP contribution in [-0.2, 0) is 4.79 Å². The molecule has 2 rings (SSSR count). The first-order chi connectivity index (χ1) is 9.86. The second kappa shape index (κ2) is 6.43. The number of hydrogen-bond donors (Lipinski definition) is 2. The van der Waals surface area contributed by atoms with Crippen molar-refractivity contribution < 1.29 is 14.7 Å². The highest BCUT2D eigenvalue weighted by molar-refractivity contribution is 6.29. The third-order valence-electron chi connectivity index (χ3n) is 3.78. The van der Waals surface area contributed by atoms with Crippen molar-refractivity contribution in [3.8, 4) is 0 Å².